The first-order chi connectivity index (χ1) is 20.3. The molecule has 0 N–H and O–H groups in total. The number of esters is 1. The average Bonchev–Trinajstić information content (AvgIpc) is 3.27. The van der Waals surface area contributed by atoms with Crippen molar-refractivity contribution in [3.63, 3.8) is 0 Å². The van der Waals surface area contributed by atoms with Gasteiger partial charge in [-0.05, 0) is 101 Å². The normalized spacial score (nSPS) is 14.8. The van der Waals surface area contributed by atoms with Crippen molar-refractivity contribution in [1.82, 2.24) is 4.57 Å². The van der Waals surface area contributed by atoms with E-state index in [0.29, 0.717) is 45.1 Å². The molecule has 0 spiro atoms. The highest BCUT2D eigenvalue weighted by Crippen LogP contribution is 2.36. The molecule has 4 aromatic rings. The van der Waals surface area contributed by atoms with Gasteiger partial charge >= 0.3 is 5.97 Å². The predicted molar refractivity (Wildman–Crippen MR) is 181 cm³/mol. The summed E-state index contributed by atoms with van der Waals surface area (Å²) >= 11 is 5.82. The van der Waals surface area contributed by atoms with Crippen LogP contribution in [0.4, 0.5) is 0 Å². The maximum Gasteiger partial charge on any atom is 0.338 e. The Balaban J connectivity index is 1.59. The molecule has 0 bridgehead atoms. The first-order valence-corrected chi connectivity index (χ1v) is 16.4. The van der Waals surface area contributed by atoms with Gasteiger partial charge in [-0.2, -0.15) is 0 Å². The summed E-state index contributed by atoms with van der Waals surface area (Å²) in [5.41, 5.74) is 3.27. The Bertz CT molecular complexity index is 1820. The fraction of sp³-hybridized carbons (Fsp3) is 0.219. The Labute approximate surface area is 274 Å². The molecule has 216 valence electrons. The lowest BCUT2D eigenvalue weighted by Gasteiger charge is -2.26. The van der Waals surface area contributed by atoms with E-state index >= 15 is 0 Å². The molecule has 0 amide bonds. The molecule has 2 heterocycles. The van der Waals surface area contributed by atoms with Gasteiger partial charge in [-0.3, -0.25) is 9.36 Å². The van der Waals surface area contributed by atoms with Gasteiger partial charge in [0.05, 0.1) is 36.2 Å². The number of ether oxygens (including phenoxy) is 3. The third-order valence-electron chi connectivity index (χ3n) is 6.57. The second-order valence-corrected chi connectivity index (χ2v) is 12.7. The lowest BCUT2D eigenvalue weighted by Crippen LogP contribution is -2.40. The molecule has 0 fully saturated rings. The lowest BCUT2D eigenvalue weighted by atomic mass is 9.95. The molecule has 0 radical (unpaired) electrons. The van der Waals surface area contributed by atoms with E-state index in [0.717, 1.165) is 24.0 Å². The number of carbonyl (C=O) groups is 1. The minimum atomic E-state index is -0.737. The van der Waals surface area contributed by atoms with E-state index in [9.17, 15) is 9.59 Å². The molecule has 10 heteroatoms. The molecule has 7 nitrogen and oxygen atoms in total. The van der Waals surface area contributed by atoms with E-state index in [-0.39, 0.29) is 12.2 Å². The summed E-state index contributed by atoms with van der Waals surface area (Å²) in [6, 6.07) is 20.8. The number of nitrogens with zero attached hydrogens (tertiary/aromatic N) is 2. The molecule has 0 saturated heterocycles. The summed E-state index contributed by atoms with van der Waals surface area (Å²) in [6.07, 6.45) is 1.87. The van der Waals surface area contributed by atoms with Crippen molar-refractivity contribution in [3.8, 4) is 11.5 Å². The monoisotopic (exact) mass is 806 g/mol. The maximum absolute atomic E-state index is 14.0. The summed E-state index contributed by atoms with van der Waals surface area (Å²) < 4.78 is 21.5. The third kappa shape index (κ3) is 6.35. The van der Waals surface area contributed by atoms with E-state index in [4.69, 9.17) is 14.2 Å². The Morgan fingerprint density at radius 3 is 2.38 bits per heavy atom. The number of fused-ring (bicyclic) bond motifs is 1. The maximum atomic E-state index is 14.0. The number of carbonyl (C=O) groups excluding carboxylic acids is 1. The summed E-state index contributed by atoms with van der Waals surface area (Å²) in [4.78, 5) is 32.5. The fourth-order valence-electron chi connectivity index (χ4n) is 4.76. The van der Waals surface area contributed by atoms with Gasteiger partial charge in [0.15, 0.2) is 4.80 Å². The number of thiazole rings is 1. The number of halogens is 2. The van der Waals surface area contributed by atoms with Crippen LogP contribution in [0.25, 0.3) is 6.08 Å². The molecular weight excluding hydrogens is 778 g/mol. The second-order valence-electron chi connectivity index (χ2n) is 9.36. The molecule has 5 rings (SSSR count). The Hall–Kier alpha value is -2.97. The Morgan fingerprint density at radius 1 is 1.00 bits per heavy atom. The van der Waals surface area contributed by atoms with E-state index < -0.39 is 12.0 Å². The minimum absolute atomic E-state index is 0.211. The van der Waals surface area contributed by atoms with Crippen molar-refractivity contribution in [1.29, 1.82) is 0 Å². The Kier molecular flexibility index (Phi) is 9.84. The van der Waals surface area contributed by atoms with Crippen molar-refractivity contribution in [2.24, 2.45) is 4.99 Å². The highest BCUT2D eigenvalue weighted by atomic mass is 127. The minimum Gasteiger partial charge on any atom is -0.494 e. The summed E-state index contributed by atoms with van der Waals surface area (Å²) in [6.45, 7) is 6.55. The lowest BCUT2D eigenvalue weighted by molar-refractivity contribution is -0.139. The molecule has 1 aromatic heterocycles. The number of allylic oxidation sites excluding steroid dienone is 1. The van der Waals surface area contributed by atoms with Crippen molar-refractivity contribution in [2.45, 2.75) is 33.4 Å². The number of aromatic nitrogens is 1. The number of para-hydroxylation sites is 1. The summed E-state index contributed by atoms with van der Waals surface area (Å²) in [5, 5.41) is 0. The molecule has 3 aromatic carbocycles. The molecular formula is C32H28I2N2O5S. The topological polar surface area (TPSA) is 79.1 Å². The van der Waals surface area contributed by atoms with Gasteiger partial charge in [0, 0.05) is 5.56 Å². The van der Waals surface area contributed by atoms with E-state index in [1.165, 1.54) is 11.3 Å². The van der Waals surface area contributed by atoms with Gasteiger partial charge in [-0.15, -0.1) is 0 Å². The largest absolute Gasteiger partial charge is 0.494 e. The van der Waals surface area contributed by atoms with Gasteiger partial charge in [0.25, 0.3) is 5.56 Å². The van der Waals surface area contributed by atoms with Crippen molar-refractivity contribution < 1.29 is 19.0 Å². The molecule has 1 aliphatic rings. The van der Waals surface area contributed by atoms with Crippen LogP contribution in [0.3, 0.4) is 0 Å². The molecule has 0 unspecified atom stereocenters. The van der Waals surface area contributed by atoms with Crippen LogP contribution in [0.5, 0.6) is 11.5 Å². The smallest absolute Gasteiger partial charge is 0.338 e. The number of hydrogen-bond donors (Lipinski definition) is 0. The van der Waals surface area contributed by atoms with Gasteiger partial charge in [0.2, 0.25) is 0 Å². The van der Waals surface area contributed by atoms with Crippen LogP contribution < -0.4 is 24.4 Å². The average molecular weight is 806 g/mol. The van der Waals surface area contributed by atoms with Crippen molar-refractivity contribution in [3.05, 3.63) is 122 Å². The molecule has 0 aliphatic carbocycles. The van der Waals surface area contributed by atoms with E-state index in [2.05, 4.69) is 50.2 Å². The van der Waals surface area contributed by atoms with Gasteiger partial charge in [-0.1, -0.05) is 59.9 Å². The van der Waals surface area contributed by atoms with Crippen LogP contribution in [0.15, 0.2) is 87.8 Å². The molecule has 42 heavy (non-hydrogen) atoms. The second kappa shape index (κ2) is 13.6. The van der Waals surface area contributed by atoms with Gasteiger partial charge in [-0.25, -0.2) is 9.79 Å². The zero-order valence-electron chi connectivity index (χ0n) is 23.2. The van der Waals surface area contributed by atoms with Crippen molar-refractivity contribution in [2.75, 3.05) is 13.2 Å². The zero-order valence-corrected chi connectivity index (χ0v) is 28.4. The molecule has 1 atom stereocenters. The van der Waals surface area contributed by atoms with Gasteiger partial charge < -0.3 is 14.2 Å². The number of hydrogen-bond acceptors (Lipinski definition) is 7. The molecule has 1 aliphatic heterocycles. The van der Waals surface area contributed by atoms with Crippen LogP contribution >= 0.6 is 56.5 Å². The Morgan fingerprint density at radius 2 is 1.69 bits per heavy atom. The van der Waals surface area contributed by atoms with Gasteiger partial charge in [0.1, 0.15) is 24.1 Å². The van der Waals surface area contributed by atoms with Crippen LogP contribution in [0.1, 0.15) is 43.5 Å². The van der Waals surface area contributed by atoms with E-state index in [1.807, 2.05) is 79.7 Å². The highest BCUT2D eigenvalue weighted by Gasteiger charge is 2.35. The third-order valence-corrected chi connectivity index (χ3v) is 9.16. The summed E-state index contributed by atoms with van der Waals surface area (Å²) in [5.74, 6) is 0.909. The van der Waals surface area contributed by atoms with E-state index in [1.54, 1.807) is 18.4 Å². The van der Waals surface area contributed by atoms with Crippen LogP contribution in [-0.2, 0) is 16.1 Å². The highest BCUT2D eigenvalue weighted by molar-refractivity contribution is 14.1. The first kappa shape index (κ1) is 30.5. The molecule has 0 saturated carbocycles. The first-order valence-electron chi connectivity index (χ1n) is 13.4. The number of rotatable bonds is 9. The standard InChI is InChI=1S/C32H28I2N2O5S/c1-4-39-25-14-10-9-13-22(25)28-27(31(38)40-5-2)19(3)35-32-36(28)30(37)26(42-32)17-21-15-23(33)29(24(34)16-21)41-18-20-11-7-6-8-12-20/h6-17,28H,4-5,18H2,1-3H3/b26-17-/t28-/m1/s1. The van der Waals surface area contributed by atoms with Crippen molar-refractivity contribution >= 4 is 68.6 Å². The summed E-state index contributed by atoms with van der Waals surface area (Å²) in [7, 11) is 0. The predicted octanol–water partition coefficient (Wildman–Crippen LogP) is 5.99. The zero-order chi connectivity index (χ0) is 29.8. The fourth-order valence-corrected chi connectivity index (χ4v) is 7.94. The number of benzene rings is 3. The SMILES string of the molecule is CCOC(=O)C1=C(C)N=c2s/c(=C\c3cc(I)c(OCc4ccccc4)c(I)c3)c(=O)n2[C@@H]1c1ccccc1OCC. The van der Waals surface area contributed by atoms with Crippen LogP contribution in [0.2, 0.25) is 0 Å². The van der Waals surface area contributed by atoms with Crippen LogP contribution in [0, 0.1) is 7.14 Å². The van der Waals surface area contributed by atoms with Crippen LogP contribution in [-0.4, -0.2) is 23.8 Å². The quantitative estimate of drug-likeness (QED) is 0.154.